The normalized spacial score (nSPS) is 23.7. The first-order chi connectivity index (χ1) is 13.7. The van der Waals surface area contributed by atoms with Crippen LogP contribution in [-0.4, -0.2) is 45.0 Å². The molecule has 1 saturated carbocycles. The Morgan fingerprint density at radius 1 is 1.18 bits per heavy atom. The maximum absolute atomic E-state index is 6.04. The lowest BCUT2D eigenvalue weighted by Crippen LogP contribution is -2.33. The van der Waals surface area contributed by atoms with Crippen molar-refractivity contribution in [3.05, 3.63) is 23.7 Å². The lowest BCUT2D eigenvalue weighted by Gasteiger charge is -2.26. The lowest BCUT2D eigenvalue weighted by molar-refractivity contribution is 0.0845. The zero-order chi connectivity index (χ0) is 19.5. The molecule has 0 amide bonds. The molecule has 4 rings (SSSR count). The average Bonchev–Trinajstić information content (AvgIpc) is 3.07. The number of hydrogen-bond donors (Lipinski definition) is 2. The molecule has 1 saturated heterocycles. The molecule has 28 heavy (non-hydrogen) atoms. The Morgan fingerprint density at radius 2 is 1.93 bits per heavy atom. The Kier molecular flexibility index (Phi) is 5.92. The molecule has 2 aromatic rings. The molecule has 7 nitrogen and oxygen atoms in total. The molecule has 7 heteroatoms. The summed E-state index contributed by atoms with van der Waals surface area (Å²) in [4.78, 5) is 9.38. The summed E-state index contributed by atoms with van der Waals surface area (Å²) in [6.07, 6.45) is 9.11. The van der Waals surface area contributed by atoms with Gasteiger partial charge in [-0.25, -0.2) is 9.97 Å². The fourth-order valence-electron chi connectivity index (χ4n) is 4.54. The molecule has 0 radical (unpaired) electrons. The highest BCUT2D eigenvalue weighted by Crippen LogP contribution is 2.36. The highest BCUT2D eigenvalue weighted by atomic mass is 16.5. The summed E-state index contributed by atoms with van der Waals surface area (Å²) in [6.45, 7) is 3.80. The predicted octanol–water partition coefficient (Wildman–Crippen LogP) is 3.02. The first kappa shape index (κ1) is 19.3. The smallest absolute Gasteiger partial charge is 0.223 e. The summed E-state index contributed by atoms with van der Waals surface area (Å²) < 4.78 is 7.59. The maximum atomic E-state index is 6.04. The topological polar surface area (TPSA) is 90.9 Å². The molecule has 2 fully saturated rings. The van der Waals surface area contributed by atoms with E-state index < -0.39 is 0 Å². The number of aryl methyl sites for hydroxylation is 1. The van der Waals surface area contributed by atoms with E-state index in [9.17, 15) is 0 Å². The van der Waals surface area contributed by atoms with Crippen LogP contribution in [0.2, 0.25) is 0 Å². The van der Waals surface area contributed by atoms with E-state index >= 15 is 0 Å². The molecular formula is C21H32N6O. The number of nitrogens with zero attached hydrogens (tertiary/aromatic N) is 4. The van der Waals surface area contributed by atoms with Crippen LogP contribution in [0.5, 0.6) is 0 Å². The second-order valence-electron chi connectivity index (χ2n) is 8.09. The molecule has 0 bridgehead atoms. The fourth-order valence-corrected chi connectivity index (χ4v) is 4.54. The molecule has 0 atom stereocenters. The van der Waals surface area contributed by atoms with Gasteiger partial charge in [0.25, 0.3) is 0 Å². The molecule has 0 unspecified atom stereocenters. The van der Waals surface area contributed by atoms with Gasteiger partial charge in [0.1, 0.15) is 0 Å². The van der Waals surface area contributed by atoms with Gasteiger partial charge >= 0.3 is 0 Å². The van der Waals surface area contributed by atoms with Crippen molar-refractivity contribution in [2.45, 2.75) is 69.9 Å². The van der Waals surface area contributed by atoms with Crippen molar-refractivity contribution in [2.75, 3.05) is 18.5 Å². The third kappa shape index (κ3) is 4.05. The summed E-state index contributed by atoms with van der Waals surface area (Å²) in [5, 5.41) is 8.43. The largest absolute Gasteiger partial charge is 0.381 e. The minimum atomic E-state index is 0.342. The summed E-state index contributed by atoms with van der Waals surface area (Å²) in [7, 11) is 2.04. The van der Waals surface area contributed by atoms with Crippen LogP contribution in [0.3, 0.4) is 0 Å². The molecule has 1 aliphatic carbocycles. The molecule has 1 aliphatic heterocycles. The van der Waals surface area contributed by atoms with Gasteiger partial charge in [0.15, 0.2) is 0 Å². The van der Waals surface area contributed by atoms with Crippen LogP contribution in [0.4, 0.5) is 5.95 Å². The number of nitrogens with two attached hydrogens (primary N) is 1. The summed E-state index contributed by atoms with van der Waals surface area (Å²) >= 11 is 0. The zero-order valence-corrected chi connectivity index (χ0v) is 17.0. The Balaban J connectivity index is 1.63. The van der Waals surface area contributed by atoms with Gasteiger partial charge in [-0.3, -0.25) is 4.68 Å². The monoisotopic (exact) mass is 384 g/mol. The van der Waals surface area contributed by atoms with Crippen molar-refractivity contribution in [3.63, 3.8) is 0 Å². The Morgan fingerprint density at radius 3 is 2.64 bits per heavy atom. The lowest BCUT2D eigenvalue weighted by atomic mass is 9.91. The third-order valence-electron chi connectivity index (χ3n) is 6.15. The van der Waals surface area contributed by atoms with E-state index in [-0.39, 0.29) is 0 Å². The predicted molar refractivity (Wildman–Crippen MR) is 110 cm³/mol. The van der Waals surface area contributed by atoms with Crippen molar-refractivity contribution in [1.29, 1.82) is 0 Å². The zero-order valence-electron chi connectivity index (χ0n) is 17.0. The molecular weight excluding hydrogens is 352 g/mol. The highest BCUT2D eigenvalue weighted by Gasteiger charge is 2.27. The number of ether oxygens (including phenoxy) is 1. The molecule has 0 aromatic carbocycles. The quantitative estimate of drug-likeness (QED) is 0.823. The Bertz CT molecular complexity index is 790. The SMILES string of the molecule is CCc1c(-c2ccnc(N[C@H]3CC[C@H](N)CC3)n2)c(C2CCOCC2)nn1C. The van der Waals surface area contributed by atoms with Gasteiger partial charge in [0.05, 0.1) is 11.4 Å². The third-order valence-corrected chi connectivity index (χ3v) is 6.15. The number of anilines is 1. The van der Waals surface area contributed by atoms with E-state index in [2.05, 4.69) is 17.2 Å². The van der Waals surface area contributed by atoms with Crippen LogP contribution in [0.15, 0.2) is 12.3 Å². The Labute approximate surface area is 167 Å². The molecule has 152 valence electrons. The molecule has 0 spiro atoms. The van der Waals surface area contributed by atoms with Crippen molar-refractivity contribution in [1.82, 2.24) is 19.7 Å². The number of rotatable bonds is 5. The summed E-state index contributed by atoms with van der Waals surface area (Å²) in [5.41, 5.74) is 10.6. The molecule has 2 aromatic heterocycles. The summed E-state index contributed by atoms with van der Waals surface area (Å²) in [6, 6.07) is 2.76. The molecule has 3 N–H and O–H groups in total. The van der Waals surface area contributed by atoms with E-state index in [1.807, 2.05) is 24.0 Å². The number of aromatic nitrogens is 4. The summed E-state index contributed by atoms with van der Waals surface area (Å²) in [5.74, 6) is 1.14. The van der Waals surface area contributed by atoms with Crippen molar-refractivity contribution >= 4 is 5.95 Å². The first-order valence-corrected chi connectivity index (χ1v) is 10.6. The van der Waals surface area contributed by atoms with Crippen LogP contribution in [0.25, 0.3) is 11.3 Å². The van der Waals surface area contributed by atoms with Crippen molar-refractivity contribution in [3.8, 4) is 11.3 Å². The van der Waals surface area contributed by atoms with E-state index in [4.69, 9.17) is 20.6 Å². The second kappa shape index (κ2) is 8.57. The van der Waals surface area contributed by atoms with Gasteiger partial charge < -0.3 is 15.8 Å². The minimum absolute atomic E-state index is 0.342. The van der Waals surface area contributed by atoms with E-state index in [1.165, 1.54) is 11.3 Å². The van der Waals surface area contributed by atoms with Gasteiger partial charge in [-0.05, 0) is 51.0 Å². The fraction of sp³-hybridized carbons (Fsp3) is 0.667. The number of hydrogen-bond acceptors (Lipinski definition) is 6. The van der Waals surface area contributed by atoms with Gasteiger partial charge in [-0.15, -0.1) is 0 Å². The second-order valence-corrected chi connectivity index (χ2v) is 8.09. The Hall–Kier alpha value is -1.99. The van der Waals surface area contributed by atoms with Crippen molar-refractivity contribution in [2.24, 2.45) is 12.8 Å². The van der Waals surface area contributed by atoms with Gasteiger partial charge in [-0.2, -0.15) is 5.10 Å². The van der Waals surface area contributed by atoms with E-state index in [0.29, 0.717) is 23.9 Å². The van der Waals surface area contributed by atoms with Crippen LogP contribution in [0.1, 0.15) is 62.8 Å². The average molecular weight is 385 g/mol. The standard InChI is InChI=1S/C21H32N6O/c1-3-18-19(20(26-27(18)2)14-9-12-28-13-10-14)17-8-11-23-21(25-17)24-16-6-4-15(22)5-7-16/h8,11,14-16H,3-7,9-10,12-13,22H2,1-2H3,(H,23,24,25)/t15-,16-. The van der Waals surface area contributed by atoms with E-state index in [1.54, 1.807) is 0 Å². The van der Waals surface area contributed by atoms with E-state index in [0.717, 1.165) is 69.5 Å². The van der Waals surface area contributed by atoms with Gasteiger partial charge in [-0.1, -0.05) is 6.92 Å². The van der Waals surface area contributed by atoms with Crippen LogP contribution >= 0.6 is 0 Å². The van der Waals surface area contributed by atoms with Crippen LogP contribution in [-0.2, 0) is 18.2 Å². The molecule has 2 aliphatic rings. The van der Waals surface area contributed by atoms with Crippen LogP contribution < -0.4 is 11.1 Å². The van der Waals surface area contributed by atoms with Gasteiger partial charge in [0.2, 0.25) is 5.95 Å². The van der Waals surface area contributed by atoms with Crippen LogP contribution in [0, 0.1) is 0 Å². The first-order valence-electron chi connectivity index (χ1n) is 10.6. The maximum Gasteiger partial charge on any atom is 0.223 e. The minimum Gasteiger partial charge on any atom is -0.381 e. The number of nitrogens with one attached hydrogen (secondary N) is 1. The van der Waals surface area contributed by atoms with Gasteiger partial charge in [0, 0.05) is 55.7 Å². The van der Waals surface area contributed by atoms with Crippen molar-refractivity contribution < 1.29 is 4.74 Å². The highest BCUT2D eigenvalue weighted by molar-refractivity contribution is 5.67. The molecule has 3 heterocycles.